The highest BCUT2D eigenvalue weighted by Gasteiger charge is 2.29. The molecule has 2 heterocycles. The van der Waals surface area contributed by atoms with Gasteiger partial charge in [-0.15, -0.1) is 0 Å². The summed E-state index contributed by atoms with van der Waals surface area (Å²) in [6.07, 6.45) is 0. The second-order valence-electron chi connectivity index (χ2n) is 6.08. The van der Waals surface area contributed by atoms with Crippen molar-refractivity contribution in [3.05, 3.63) is 39.4 Å². The fraction of sp³-hybridized carbons (Fsp3) is 0.467. The SMILES string of the molecule is CC1(C)CNCCN1Cc1nc2ccc(Cl)cc2c(=O)[nH]1. The van der Waals surface area contributed by atoms with Gasteiger partial charge in [0.2, 0.25) is 0 Å². The van der Waals surface area contributed by atoms with Crippen molar-refractivity contribution in [2.24, 2.45) is 0 Å². The minimum absolute atomic E-state index is 0.0474. The van der Waals surface area contributed by atoms with Gasteiger partial charge >= 0.3 is 0 Å². The van der Waals surface area contributed by atoms with Crippen LogP contribution in [-0.2, 0) is 6.54 Å². The zero-order chi connectivity index (χ0) is 15.0. The van der Waals surface area contributed by atoms with Crippen LogP contribution in [0.4, 0.5) is 0 Å². The number of piperazine rings is 1. The quantitative estimate of drug-likeness (QED) is 0.887. The third-order valence-electron chi connectivity index (χ3n) is 4.03. The van der Waals surface area contributed by atoms with Crippen molar-refractivity contribution in [2.45, 2.75) is 25.9 Å². The fourth-order valence-corrected chi connectivity index (χ4v) is 2.90. The molecule has 1 fully saturated rings. The molecule has 2 N–H and O–H groups in total. The molecule has 5 nitrogen and oxygen atoms in total. The molecule has 6 heteroatoms. The Morgan fingerprint density at radius 3 is 3.00 bits per heavy atom. The van der Waals surface area contributed by atoms with Crippen molar-refractivity contribution in [2.75, 3.05) is 19.6 Å². The first-order valence-electron chi connectivity index (χ1n) is 7.10. The van der Waals surface area contributed by atoms with Gasteiger partial charge in [-0.25, -0.2) is 4.98 Å². The molecule has 1 aromatic heterocycles. The molecule has 0 bridgehead atoms. The highest BCUT2D eigenvalue weighted by Crippen LogP contribution is 2.19. The van der Waals surface area contributed by atoms with Crippen molar-refractivity contribution in [1.82, 2.24) is 20.2 Å². The van der Waals surface area contributed by atoms with Crippen molar-refractivity contribution < 1.29 is 0 Å². The monoisotopic (exact) mass is 306 g/mol. The van der Waals surface area contributed by atoms with Crippen LogP contribution in [0.5, 0.6) is 0 Å². The van der Waals surface area contributed by atoms with Gasteiger partial charge in [0.05, 0.1) is 17.4 Å². The van der Waals surface area contributed by atoms with Gasteiger partial charge < -0.3 is 10.3 Å². The number of nitrogens with one attached hydrogen (secondary N) is 2. The number of nitrogens with zero attached hydrogens (tertiary/aromatic N) is 2. The van der Waals surface area contributed by atoms with Gasteiger partial charge in [0, 0.05) is 30.2 Å². The summed E-state index contributed by atoms with van der Waals surface area (Å²) in [6.45, 7) is 7.85. The normalized spacial score (nSPS) is 19.0. The summed E-state index contributed by atoms with van der Waals surface area (Å²) in [5.74, 6) is 0.699. The first kappa shape index (κ1) is 14.5. The first-order chi connectivity index (χ1) is 9.95. The molecule has 3 rings (SSSR count). The minimum atomic E-state index is -0.134. The average Bonchev–Trinajstić information content (AvgIpc) is 2.42. The third-order valence-corrected chi connectivity index (χ3v) is 4.26. The van der Waals surface area contributed by atoms with Gasteiger partial charge in [-0.05, 0) is 32.0 Å². The van der Waals surface area contributed by atoms with E-state index in [1.54, 1.807) is 18.2 Å². The number of aromatic amines is 1. The van der Waals surface area contributed by atoms with Crippen LogP contribution in [0, 0.1) is 0 Å². The Morgan fingerprint density at radius 2 is 2.24 bits per heavy atom. The molecular formula is C15H19ClN4O. The Balaban J connectivity index is 1.94. The first-order valence-corrected chi connectivity index (χ1v) is 7.48. The van der Waals surface area contributed by atoms with E-state index in [4.69, 9.17) is 11.6 Å². The van der Waals surface area contributed by atoms with Gasteiger partial charge in [-0.3, -0.25) is 9.69 Å². The lowest BCUT2D eigenvalue weighted by Crippen LogP contribution is -2.57. The Morgan fingerprint density at radius 1 is 1.43 bits per heavy atom. The lowest BCUT2D eigenvalue weighted by atomic mass is 10.0. The predicted molar refractivity (Wildman–Crippen MR) is 84.7 cm³/mol. The number of hydrogen-bond acceptors (Lipinski definition) is 4. The van der Waals surface area contributed by atoms with Crippen LogP contribution in [-0.4, -0.2) is 40.0 Å². The number of halogens is 1. The molecule has 1 aromatic carbocycles. The molecule has 0 unspecified atom stereocenters. The highest BCUT2D eigenvalue weighted by molar-refractivity contribution is 6.31. The van der Waals surface area contributed by atoms with Crippen LogP contribution in [0.1, 0.15) is 19.7 Å². The number of aromatic nitrogens is 2. The highest BCUT2D eigenvalue weighted by atomic mass is 35.5. The number of H-pyrrole nitrogens is 1. The van der Waals surface area contributed by atoms with E-state index in [1.807, 2.05) is 0 Å². The maximum Gasteiger partial charge on any atom is 0.258 e. The Bertz CT molecular complexity index is 725. The smallest absolute Gasteiger partial charge is 0.258 e. The lowest BCUT2D eigenvalue weighted by molar-refractivity contribution is 0.0800. The van der Waals surface area contributed by atoms with Gasteiger partial charge in [-0.2, -0.15) is 0 Å². The Kier molecular flexibility index (Phi) is 3.73. The maximum atomic E-state index is 12.2. The van der Waals surface area contributed by atoms with Crippen LogP contribution in [0.15, 0.2) is 23.0 Å². The van der Waals surface area contributed by atoms with Crippen LogP contribution >= 0.6 is 11.6 Å². The molecule has 0 aliphatic carbocycles. The molecule has 0 atom stereocenters. The van der Waals surface area contributed by atoms with E-state index in [0.717, 1.165) is 19.6 Å². The number of fused-ring (bicyclic) bond motifs is 1. The molecule has 0 amide bonds. The molecule has 112 valence electrons. The third kappa shape index (κ3) is 2.95. The second kappa shape index (κ2) is 5.40. The molecule has 1 aliphatic rings. The molecule has 0 radical (unpaired) electrons. The summed E-state index contributed by atoms with van der Waals surface area (Å²) in [5, 5.41) is 4.47. The molecule has 2 aromatic rings. The van der Waals surface area contributed by atoms with Gasteiger partial charge in [0.25, 0.3) is 5.56 Å². The van der Waals surface area contributed by atoms with E-state index in [-0.39, 0.29) is 11.1 Å². The van der Waals surface area contributed by atoms with Crippen LogP contribution in [0.3, 0.4) is 0 Å². The second-order valence-corrected chi connectivity index (χ2v) is 6.52. The molecule has 0 saturated carbocycles. The summed E-state index contributed by atoms with van der Waals surface area (Å²) in [4.78, 5) is 21.9. The van der Waals surface area contributed by atoms with Crippen molar-refractivity contribution in [3.63, 3.8) is 0 Å². The van der Waals surface area contributed by atoms with Gasteiger partial charge in [0.15, 0.2) is 0 Å². The van der Waals surface area contributed by atoms with Gasteiger partial charge in [0.1, 0.15) is 5.82 Å². The average molecular weight is 307 g/mol. The summed E-state index contributed by atoms with van der Waals surface area (Å²) in [5.41, 5.74) is 0.600. The van der Waals surface area contributed by atoms with Crippen LogP contribution in [0.2, 0.25) is 5.02 Å². The Hall–Kier alpha value is -1.43. The summed E-state index contributed by atoms with van der Waals surface area (Å²) in [6, 6.07) is 5.20. The van der Waals surface area contributed by atoms with E-state index in [2.05, 4.69) is 34.0 Å². The summed E-state index contributed by atoms with van der Waals surface area (Å²) in [7, 11) is 0. The largest absolute Gasteiger partial charge is 0.314 e. The maximum absolute atomic E-state index is 12.2. The molecule has 1 aliphatic heterocycles. The van der Waals surface area contributed by atoms with Crippen molar-refractivity contribution in [3.8, 4) is 0 Å². The van der Waals surface area contributed by atoms with Crippen LogP contribution < -0.4 is 10.9 Å². The summed E-state index contributed by atoms with van der Waals surface area (Å²) < 4.78 is 0. The standard InChI is InChI=1S/C15H19ClN4O/c1-15(2)9-17-5-6-20(15)8-13-18-12-4-3-10(16)7-11(12)14(21)19-13/h3-4,7,17H,5-6,8-9H2,1-2H3,(H,18,19,21). The van der Waals surface area contributed by atoms with Crippen LogP contribution in [0.25, 0.3) is 10.9 Å². The van der Waals surface area contributed by atoms with Crippen molar-refractivity contribution in [1.29, 1.82) is 0 Å². The van der Waals surface area contributed by atoms with E-state index in [0.29, 0.717) is 28.3 Å². The topological polar surface area (TPSA) is 61.0 Å². The summed E-state index contributed by atoms with van der Waals surface area (Å²) >= 11 is 5.93. The Labute approximate surface area is 128 Å². The number of hydrogen-bond donors (Lipinski definition) is 2. The zero-order valence-electron chi connectivity index (χ0n) is 12.2. The molecule has 21 heavy (non-hydrogen) atoms. The molecule has 1 saturated heterocycles. The number of benzene rings is 1. The van der Waals surface area contributed by atoms with E-state index < -0.39 is 0 Å². The minimum Gasteiger partial charge on any atom is -0.314 e. The number of rotatable bonds is 2. The molecular weight excluding hydrogens is 288 g/mol. The van der Waals surface area contributed by atoms with E-state index in [9.17, 15) is 4.79 Å². The van der Waals surface area contributed by atoms with Gasteiger partial charge in [-0.1, -0.05) is 11.6 Å². The van der Waals surface area contributed by atoms with Crippen molar-refractivity contribution >= 4 is 22.5 Å². The van der Waals surface area contributed by atoms with E-state index in [1.165, 1.54) is 0 Å². The molecule has 0 spiro atoms. The fourth-order valence-electron chi connectivity index (χ4n) is 2.73. The lowest BCUT2D eigenvalue weighted by Gasteiger charge is -2.42. The predicted octanol–water partition coefficient (Wildman–Crippen LogP) is 1.76. The zero-order valence-corrected chi connectivity index (χ0v) is 13.0. The van der Waals surface area contributed by atoms with E-state index >= 15 is 0 Å².